The minimum Gasteiger partial charge on any atom is -0.376 e. The summed E-state index contributed by atoms with van der Waals surface area (Å²) in [7, 11) is 0. The van der Waals surface area contributed by atoms with Gasteiger partial charge in [-0.15, -0.1) is 0 Å². The van der Waals surface area contributed by atoms with Gasteiger partial charge in [0.15, 0.2) is 0 Å². The quantitative estimate of drug-likeness (QED) is 0.739. The lowest BCUT2D eigenvalue weighted by Crippen LogP contribution is -2.39. The van der Waals surface area contributed by atoms with Crippen LogP contribution in [0.5, 0.6) is 0 Å². The molecule has 7 heteroatoms. The molecule has 0 saturated carbocycles. The molecule has 1 aliphatic rings. The van der Waals surface area contributed by atoms with Gasteiger partial charge in [0.25, 0.3) is 0 Å². The van der Waals surface area contributed by atoms with Gasteiger partial charge in [-0.1, -0.05) is 36.4 Å². The van der Waals surface area contributed by atoms with Crippen LogP contribution in [0.4, 0.5) is 10.5 Å². The van der Waals surface area contributed by atoms with E-state index in [1.54, 1.807) is 4.90 Å². The highest BCUT2D eigenvalue weighted by molar-refractivity contribution is 5.98. The molecule has 1 aromatic heterocycles. The first-order valence-electron chi connectivity index (χ1n) is 8.80. The summed E-state index contributed by atoms with van der Waals surface area (Å²) in [6.45, 7) is 1.86. The maximum atomic E-state index is 13.0. The van der Waals surface area contributed by atoms with Crippen LogP contribution >= 0.6 is 0 Å². The summed E-state index contributed by atoms with van der Waals surface area (Å²) in [5.74, 6) is 0. The molecule has 2 N–H and O–H groups in total. The number of nitrogens with one attached hydrogen (secondary N) is 2. The van der Waals surface area contributed by atoms with Crippen LogP contribution in [0.1, 0.15) is 18.4 Å². The van der Waals surface area contributed by atoms with Gasteiger partial charge < -0.3 is 15.0 Å². The fourth-order valence-electron chi connectivity index (χ4n) is 3.22. The van der Waals surface area contributed by atoms with E-state index in [0.29, 0.717) is 24.3 Å². The number of fused-ring (bicyclic) bond motifs is 1. The first-order valence-corrected chi connectivity index (χ1v) is 8.80. The molecule has 1 aliphatic heterocycles. The summed E-state index contributed by atoms with van der Waals surface area (Å²) in [6.07, 6.45) is 2.12. The molecule has 26 heavy (non-hydrogen) atoms. The smallest absolute Gasteiger partial charge is 0.322 e. The van der Waals surface area contributed by atoms with Gasteiger partial charge in [-0.2, -0.15) is 15.4 Å². The highest BCUT2D eigenvalue weighted by Gasteiger charge is 2.23. The van der Waals surface area contributed by atoms with Crippen LogP contribution in [-0.4, -0.2) is 45.6 Å². The average molecular weight is 351 g/mol. The highest BCUT2D eigenvalue weighted by atomic mass is 16.5. The number of ether oxygens (including phenoxy) is 1. The minimum atomic E-state index is -0.167. The summed E-state index contributed by atoms with van der Waals surface area (Å²) < 4.78 is 5.73. The van der Waals surface area contributed by atoms with E-state index >= 15 is 0 Å². The molecule has 2 amide bonds. The number of carbonyl (C=O) groups excluding carboxylic acids is 1. The van der Waals surface area contributed by atoms with Crippen molar-refractivity contribution in [3.05, 3.63) is 54.1 Å². The Morgan fingerprint density at radius 2 is 2.08 bits per heavy atom. The van der Waals surface area contributed by atoms with Gasteiger partial charge in [-0.25, -0.2) is 4.79 Å². The number of rotatable bonds is 5. The van der Waals surface area contributed by atoms with Crippen LogP contribution in [0.2, 0.25) is 0 Å². The van der Waals surface area contributed by atoms with Crippen LogP contribution in [0.3, 0.4) is 0 Å². The molecule has 3 aromatic rings. The molecular weight excluding hydrogens is 330 g/mol. The second-order valence-electron chi connectivity index (χ2n) is 6.43. The van der Waals surface area contributed by atoms with E-state index in [0.717, 1.165) is 30.5 Å². The molecule has 1 unspecified atom stereocenters. The molecule has 0 radical (unpaired) electrons. The number of nitrogens with zero attached hydrogens (tertiary/aromatic N) is 3. The van der Waals surface area contributed by atoms with Crippen molar-refractivity contribution in [1.29, 1.82) is 0 Å². The molecule has 0 aliphatic carbocycles. The van der Waals surface area contributed by atoms with E-state index in [9.17, 15) is 4.79 Å². The highest BCUT2D eigenvalue weighted by Crippen LogP contribution is 2.21. The van der Waals surface area contributed by atoms with E-state index in [4.69, 9.17) is 4.74 Å². The molecule has 7 nitrogen and oxygen atoms in total. The fourth-order valence-corrected chi connectivity index (χ4v) is 3.22. The second-order valence-corrected chi connectivity index (χ2v) is 6.43. The Balaban J connectivity index is 1.53. The van der Waals surface area contributed by atoms with Crippen molar-refractivity contribution in [3.63, 3.8) is 0 Å². The van der Waals surface area contributed by atoms with E-state index < -0.39 is 0 Å². The van der Waals surface area contributed by atoms with Crippen LogP contribution < -0.4 is 5.32 Å². The third-order valence-electron chi connectivity index (χ3n) is 4.54. The van der Waals surface area contributed by atoms with E-state index in [1.165, 1.54) is 0 Å². The summed E-state index contributed by atoms with van der Waals surface area (Å²) in [5.41, 5.74) is 3.10. The Hall–Kier alpha value is -2.93. The van der Waals surface area contributed by atoms with Gasteiger partial charge in [-0.3, -0.25) is 0 Å². The lowest BCUT2D eigenvalue weighted by atomic mass is 10.2. The predicted molar refractivity (Wildman–Crippen MR) is 98.7 cm³/mol. The molecule has 1 saturated heterocycles. The largest absolute Gasteiger partial charge is 0.376 e. The number of anilines is 1. The molecular formula is C19H21N5O2. The monoisotopic (exact) mass is 351 g/mol. The van der Waals surface area contributed by atoms with Gasteiger partial charge >= 0.3 is 6.03 Å². The number of benzene rings is 2. The number of hydrogen-bond acceptors (Lipinski definition) is 4. The summed E-state index contributed by atoms with van der Waals surface area (Å²) in [4.78, 5) is 14.8. The van der Waals surface area contributed by atoms with Gasteiger partial charge in [0.2, 0.25) is 0 Å². The molecule has 4 rings (SSSR count). The number of para-hydroxylation sites is 1. The molecule has 0 bridgehead atoms. The van der Waals surface area contributed by atoms with Gasteiger partial charge in [-0.05, 0) is 30.5 Å². The Labute approximate surface area is 151 Å². The Kier molecular flexibility index (Phi) is 4.79. The van der Waals surface area contributed by atoms with Gasteiger partial charge in [0, 0.05) is 19.7 Å². The standard InChI is InChI=1S/C19H21N5O2/c25-19(20-16-9-4-10-17-18(16)22-23-21-17)24(13-15-8-5-11-26-15)12-14-6-2-1-3-7-14/h1-4,6-7,9-10,15H,5,8,11-13H2,(H,20,25)(H,21,22,23). The predicted octanol–water partition coefficient (Wildman–Crippen LogP) is 3.17. The van der Waals surface area contributed by atoms with Crippen molar-refractivity contribution in [3.8, 4) is 0 Å². The summed E-state index contributed by atoms with van der Waals surface area (Å²) in [5, 5.41) is 13.8. The number of carbonyl (C=O) groups is 1. The normalized spacial score (nSPS) is 16.7. The zero-order valence-electron chi connectivity index (χ0n) is 14.4. The topological polar surface area (TPSA) is 83.1 Å². The van der Waals surface area contributed by atoms with E-state index in [2.05, 4.69) is 20.7 Å². The van der Waals surface area contributed by atoms with Gasteiger partial charge in [0.1, 0.15) is 11.0 Å². The average Bonchev–Trinajstić information content (AvgIpc) is 3.34. The Morgan fingerprint density at radius 3 is 2.88 bits per heavy atom. The second kappa shape index (κ2) is 7.53. The lowest BCUT2D eigenvalue weighted by molar-refractivity contribution is 0.0819. The first kappa shape index (κ1) is 16.5. The number of amides is 2. The number of urea groups is 1. The van der Waals surface area contributed by atoms with Crippen LogP contribution in [-0.2, 0) is 11.3 Å². The summed E-state index contributed by atoms with van der Waals surface area (Å²) >= 11 is 0. The number of aromatic nitrogens is 3. The van der Waals surface area contributed by atoms with Crippen molar-refractivity contribution >= 4 is 22.8 Å². The number of hydrogen-bond donors (Lipinski definition) is 2. The zero-order valence-corrected chi connectivity index (χ0v) is 14.4. The Morgan fingerprint density at radius 1 is 1.19 bits per heavy atom. The zero-order chi connectivity index (χ0) is 17.8. The van der Waals surface area contributed by atoms with Crippen molar-refractivity contribution < 1.29 is 9.53 Å². The van der Waals surface area contributed by atoms with Gasteiger partial charge in [0.05, 0.1) is 11.8 Å². The molecule has 2 aromatic carbocycles. The lowest BCUT2D eigenvalue weighted by Gasteiger charge is -2.26. The van der Waals surface area contributed by atoms with Crippen LogP contribution in [0, 0.1) is 0 Å². The fraction of sp³-hybridized carbons (Fsp3) is 0.316. The third-order valence-corrected chi connectivity index (χ3v) is 4.54. The van der Waals surface area contributed by atoms with Crippen molar-refractivity contribution in [2.24, 2.45) is 0 Å². The molecule has 0 spiro atoms. The number of H-pyrrole nitrogens is 1. The van der Waals surface area contributed by atoms with Crippen molar-refractivity contribution in [2.45, 2.75) is 25.5 Å². The maximum Gasteiger partial charge on any atom is 0.322 e. The van der Waals surface area contributed by atoms with E-state index in [-0.39, 0.29) is 12.1 Å². The van der Waals surface area contributed by atoms with E-state index in [1.807, 2.05) is 48.5 Å². The molecule has 1 atom stereocenters. The first-order chi connectivity index (χ1) is 12.8. The van der Waals surface area contributed by atoms with Crippen molar-refractivity contribution in [1.82, 2.24) is 20.3 Å². The SMILES string of the molecule is O=C(Nc1cccc2n[nH]nc12)N(Cc1ccccc1)CC1CCCO1. The summed E-state index contributed by atoms with van der Waals surface area (Å²) in [6, 6.07) is 15.3. The molecule has 2 heterocycles. The molecule has 1 fully saturated rings. The Bertz CT molecular complexity index is 874. The van der Waals surface area contributed by atoms with Crippen LogP contribution in [0.15, 0.2) is 48.5 Å². The third kappa shape index (κ3) is 3.67. The number of aromatic amines is 1. The minimum absolute atomic E-state index is 0.0901. The maximum absolute atomic E-state index is 13.0. The van der Waals surface area contributed by atoms with Crippen molar-refractivity contribution in [2.75, 3.05) is 18.5 Å². The molecule has 134 valence electrons. The van der Waals surface area contributed by atoms with Crippen LogP contribution in [0.25, 0.3) is 11.0 Å².